The minimum absolute atomic E-state index is 0.0129. The van der Waals surface area contributed by atoms with E-state index in [1.807, 2.05) is 13.8 Å². The molecule has 6 aromatic rings. The number of nitrogens with zero attached hydrogens (tertiary/aromatic N) is 6. The van der Waals surface area contributed by atoms with Crippen LogP contribution in [0.3, 0.4) is 0 Å². The minimum Gasteiger partial charge on any atom is -0.457 e. The third-order valence-electron chi connectivity index (χ3n) is 6.08. The molecule has 0 bridgehead atoms. The Morgan fingerprint density at radius 2 is 0.949 bits per heavy atom. The van der Waals surface area contributed by atoms with Gasteiger partial charge in [-0.15, -0.1) is 18.4 Å². The van der Waals surface area contributed by atoms with Gasteiger partial charge in [-0.05, 0) is 97.8 Å². The standard InChI is InChI=1S/C26H20N6O5S2/c1-17-3-13-25-23(15-17)27-29-31(25)38(33,34)21-9-5-19(6-10-21)37-20-7-11-22(12-8-20)39(35,36)32-26-14-4-18(2)16-24(26)28-30-32/h3-16H,1-2H3. The average molecular weight is 561 g/mol. The normalized spacial score (nSPS) is 12.3. The molecule has 0 radical (unpaired) electrons. The number of benzene rings is 4. The highest BCUT2D eigenvalue weighted by Gasteiger charge is 2.23. The molecule has 0 unspecified atom stereocenters. The molecule has 11 nitrogen and oxygen atoms in total. The van der Waals surface area contributed by atoms with Crippen LogP contribution in [0.1, 0.15) is 11.1 Å². The molecule has 2 aromatic heterocycles. The quantitative estimate of drug-likeness (QED) is 0.295. The Balaban J connectivity index is 1.22. The van der Waals surface area contributed by atoms with Gasteiger partial charge >= 0.3 is 0 Å². The lowest BCUT2D eigenvalue weighted by Crippen LogP contribution is -2.14. The first-order chi connectivity index (χ1) is 18.6. The van der Waals surface area contributed by atoms with E-state index in [2.05, 4.69) is 20.6 Å². The highest BCUT2D eigenvalue weighted by Crippen LogP contribution is 2.27. The molecule has 0 saturated heterocycles. The summed E-state index contributed by atoms with van der Waals surface area (Å²) in [6.07, 6.45) is 0. The molecule has 0 spiro atoms. The first-order valence-electron chi connectivity index (χ1n) is 11.7. The lowest BCUT2D eigenvalue weighted by molar-refractivity contribution is 0.481. The van der Waals surface area contributed by atoms with Gasteiger partial charge in [0.05, 0.1) is 9.79 Å². The molecule has 0 amide bonds. The second-order valence-corrected chi connectivity index (χ2v) is 12.4. The smallest absolute Gasteiger partial charge is 0.284 e. The Hall–Kier alpha value is -4.62. The van der Waals surface area contributed by atoms with Gasteiger partial charge in [0.1, 0.15) is 33.6 Å². The van der Waals surface area contributed by atoms with Gasteiger partial charge in [0.2, 0.25) is 0 Å². The fraction of sp³-hybridized carbons (Fsp3) is 0.0769. The van der Waals surface area contributed by atoms with E-state index in [0.717, 1.165) is 19.3 Å². The monoisotopic (exact) mass is 560 g/mol. The maximum absolute atomic E-state index is 13.1. The van der Waals surface area contributed by atoms with Gasteiger partial charge in [-0.3, -0.25) is 0 Å². The molecule has 0 atom stereocenters. The van der Waals surface area contributed by atoms with E-state index in [1.165, 1.54) is 48.5 Å². The molecule has 0 aliphatic rings. The number of fused-ring (bicyclic) bond motifs is 2. The minimum atomic E-state index is -3.98. The molecular formula is C26H20N6O5S2. The van der Waals surface area contributed by atoms with E-state index in [9.17, 15) is 16.8 Å². The number of hydrogen-bond acceptors (Lipinski definition) is 9. The lowest BCUT2D eigenvalue weighted by atomic mass is 10.2. The zero-order valence-corrected chi connectivity index (χ0v) is 22.3. The summed E-state index contributed by atoms with van der Waals surface area (Å²) in [7, 11) is -7.96. The molecule has 0 fully saturated rings. The van der Waals surface area contributed by atoms with Crippen molar-refractivity contribution in [2.24, 2.45) is 0 Å². The van der Waals surface area contributed by atoms with Crippen molar-refractivity contribution >= 4 is 42.1 Å². The lowest BCUT2D eigenvalue weighted by Gasteiger charge is -2.09. The Bertz CT molecular complexity index is 1930. The van der Waals surface area contributed by atoms with Crippen molar-refractivity contribution in [2.75, 3.05) is 0 Å². The van der Waals surface area contributed by atoms with Crippen LogP contribution in [-0.4, -0.2) is 45.6 Å². The summed E-state index contributed by atoms with van der Waals surface area (Å²) in [4.78, 5) is 0.0258. The number of aromatic nitrogens is 6. The third kappa shape index (κ3) is 4.30. The maximum atomic E-state index is 13.1. The van der Waals surface area contributed by atoms with Gasteiger partial charge in [-0.2, -0.15) is 16.8 Å². The van der Waals surface area contributed by atoms with Crippen LogP contribution < -0.4 is 4.74 Å². The predicted octanol–water partition coefficient (Wildman–Crippen LogP) is 4.06. The first kappa shape index (κ1) is 24.7. The zero-order chi connectivity index (χ0) is 27.4. The average Bonchev–Trinajstić information content (AvgIpc) is 3.54. The van der Waals surface area contributed by atoms with E-state index in [4.69, 9.17) is 4.74 Å². The van der Waals surface area contributed by atoms with Gasteiger partial charge in [-0.25, -0.2) is 0 Å². The number of aryl methyl sites for hydroxylation is 2. The van der Waals surface area contributed by atoms with Crippen molar-refractivity contribution in [1.29, 1.82) is 0 Å². The second-order valence-electron chi connectivity index (χ2n) is 8.90. The van der Waals surface area contributed by atoms with Crippen molar-refractivity contribution in [3.05, 3.63) is 96.1 Å². The van der Waals surface area contributed by atoms with E-state index in [0.29, 0.717) is 33.6 Å². The summed E-state index contributed by atoms with van der Waals surface area (Å²) in [5, 5.41) is 15.6. The van der Waals surface area contributed by atoms with E-state index >= 15 is 0 Å². The molecule has 4 aromatic carbocycles. The zero-order valence-electron chi connectivity index (χ0n) is 20.6. The molecule has 0 N–H and O–H groups in total. The summed E-state index contributed by atoms with van der Waals surface area (Å²) in [5.74, 6) is 0.725. The summed E-state index contributed by atoms with van der Waals surface area (Å²) in [6.45, 7) is 3.77. The first-order valence-corrected chi connectivity index (χ1v) is 14.5. The van der Waals surface area contributed by atoms with Crippen LogP contribution in [0, 0.1) is 13.8 Å². The summed E-state index contributed by atoms with van der Waals surface area (Å²) in [5.41, 5.74) is 3.62. The predicted molar refractivity (Wildman–Crippen MR) is 143 cm³/mol. The van der Waals surface area contributed by atoms with Crippen LogP contribution in [0.2, 0.25) is 0 Å². The van der Waals surface area contributed by atoms with Gasteiger partial charge in [0, 0.05) is 0 Å². The van der Waals surface area contributed by atoms with Crippen molar-refractivity contribution in [2.45, 2.75) is 23.6 Å². The SMILES string of the molecule is Cc1ccc2c(c1)nnn2S(=O)(=O)c1ccc(Oc2ccc(S(=O)(=O)n3nnc4cc(C)ccc43)cc2)cc1. The highest BCUT2D eigenvalue weighted by molar-refractivity contribution is 7.90. The highest BCUT2D eigenvalue weighted by atomic mass is 32.2. The van der Waals surface area contributed by atoms with E-state index in [-0.39, 0.29) is 9.79 Å². The number of ether oxygens (including phenoxy) is 1. The maximum Gasteiger partial charge on any atom is 0.284 e. The number of hydrogen-bond donors (Lipinski definition) is 0. The Labute approximate surface area is 223 Å². The van der Waals surface area contributed by atoms with Crippen LogP contribution in [0.25, 0.3) is 22.1 Å². The van der Waals surface area contributed by atoms with Crippen molar-refractivity contribution in [3.8, 4) is 11.5 Å². The summed E-state index contributed by atoms with van der Waals surface area (Å²) < 4.78 is 60.2. The van der Waals surface area contributed by atoms with Crippen LogP contribution in [-0.2, 0) is 20.0 Å². The summed E-state index contributed by atoms with van der Waals surface area (Å²) in [6, 6.07) is 22.1. The van der Waals surface area contributed by atoms with Gasteiger partial charge < -0.3 is 4.74 Å². The van der Waals surface area contributed by atoms with Crippen molar-refractivity contribution in [1.82, 2.24) is 28.8 Å². The van der Waals surface area contributed by atoms with Crippen LogP contribution in [0.4, 0.5) is 0 Å². The molecule has 0 aliphatic carbocycles. The van der Waals surface area contributed by atoms with Crippen molar-refractivity contribution in [3.63, 3.8) is 0 Å². The molecule has 6 rings (SSSR count). The van der Waals surface area contributed by atoms with Gasteiger partial charge in [0.15, 0.2) is 0 Å². The van der Waals surface area contributed by atoms with Crippen LogP contribution >= 0.6 is 0 Å². The molecule has 0 aliphatic heterocycles. The van der Waals surface area contributed by atoms with E-state index < -0.39 is 20.0 Å². The third-order valence-corrected chi connectivity index (χ3v) is 9.26. The fourth-order valence-corrected chi connectivity index (χ4v) is 6.53. The molecule has 0 saturated carbocycles. The Morgan fingerprint density at radius 3 is 1.33 bits per heavy atom. The molecule has 39 heavy (non-hydrogen) atoms. The molecule has 196 valence electrons. The second kappa shape index (κ2) is 8.99. The Kier molecular flexibility index (Phi) is 5.70. The Morgan fingerprint density at radius 1 is 0.564 bits per heavy atom. The van der Waals surface area contributed by atoms with Crippen molar-refractivity contribution < 1.29 is 21.6 Å². The van der Waals surface area contributed by atoms with Gasteiger partial charge in [-0.1, -0.05) is 22.6 Å². The number of rotatable bonds is 6. The summed E-state index contributed by atoms with van der Waals surface area (Å²) >= 11 is 0. The van der Waals surface area contributed by atoms with Crippen LogP contribution in [0.5, 0.6) is 11.5 Å². The fourth-order valence-electron chi connectivity index (χ4n) is 4.07. The largest absolute Gasteiger partial charge is 0.457 e. The topological polar surface area (TPSA) is 139 Å². The van der Waals surface area contributed by atoms with Crippen LogP contribution in [0.15, 0.2) is 94.7 Å². The van der Waals surface area contributed by atoms with Gasteiger partial charge in [0.25, 0.3) is 20.0 Å². The molecular weight excluding hydrogens is 540 g/mol. The molecule has 13 heteroatoms. The molecule has 2 heterocycles. The van der Waals surface area contributed by atoms with E-state index in [1.54, 1.807) is 36.4 Å².